The van der Waals surface area contributed by atoms with Gasteiger partial charge < -0.3 is 0 Å². The zero-order valence-corrected chi connectivity index (χ0v) is 28.2. The van der Waals surface area contributed by atoms with Crippen LogP contribution in [0.4, 0.5) is 0 Å². The summed E-state index contributed by atoms with van der Waals surface area (Å²) in [7, 11) is -1.75. The van der Waals surface area contributed by atoms with Crippen molar-refractivity contribution in [3.05, 3.63) is 128 Å². The van der Waals surface area contributed by atoms with Gasteiger partial charge in [0.25, 0.3) is 0 Å². The number of aryl methyl sites for hydroxylation is 6. The molecule has 212 valence electrons. The van der Waals surface area contributed by atoms with Gasteiger partial charge in [-0.1, -0.05) is 148 Å². The van der Waals surface area contributed by atoms with E-state index in [0.717, 1.165) is 0 Å². The Morgan fingerprint density at radius 3 is 1.07 bits per heavy atom. The normalized spacial score (nSPS) is 16.0. The maximum Gasteiger partial charge on any atom is 0.0724 e. The van der Waals surface area contributed by atoms with Gasteiger partial charge in [0, 0.05) is 0 Å². The van der Waals surface area contributed by atoms with Crippen molar-refractivity contribution in [2.24, 2.45) is 0 Å². The van der Waals surface area contributed by atoms with Crippen molar-refractivity contribution in [1.82, 2.24) is 0 Å². The number of allylic oxidation sites excluding steroid dienone is 4. The fourth-order valence-corrected chi connectivity index (χ4v) is 16.0. The second-order valence-corrected chi connectivity index (χ2v) is 20.0. The van der Waals surface area contributed by atoms with Gasteiger partial charge in [-0.25, -0.2) is 0 Å². The summed E-state index contributed by atoms with van der Waals surface area (Å²) in [4.78, 5) is 0. The van der Waals surface area contributed by atoms with Crippen LogP contribution in [-0.2, 0) is 5.41 Å². The van der Waals surface area contributed by atoms with Crippen LogP contribution < -0.4 is 0 Å². The molecule has 3 aromatic rings. The highest BCUT2D eigenvalue weighted by atomic mass is 28.3. The Morgan fingerprint density at radius 2 is 0.800 bits per heavy atom. The Morgan fingerprint density at radius 1 is 0.500 bits per heavy atom. The molecule has 0 N–H and O–H groups in total. The summed E-state index contributed by atoms with van der Waals surface area (Å²) >= 11 is 0. The Labute approximate surface area is 246 Å². The van der Waals surface area contributed by atoms with Gasteiger partial charge in [-0.3, -0.25) is 0 Å². The molecule has 1 atom stereocenters. The summed E-state index contributed by atoms with van der Waals surface area (Å²) in [6, 6.07) is 21.6. The smallest absolute Gasteiger partial charge is 0.0724 e. The highest BCUT2D eigenvalue weighted by Gasteiger charge is 2.50. The van der Waals surface area contributed by atoms with E-state index in [1.54, 1.807) is 0 Å². The fourth-order valence-electron chi connectivity index (χ4n) is 8.80. The Bertz CT molecular complexity index is 1240. The molecule has 3 aromatic carbocycles. The van der Waals surface area contributed by atoms with Gasteiger partial charge in [0.05, 0.1) is 13.5 Å². The summed E-state index contributed by atoms with van der Waals surface area (Å²) in [5.74, 6) is 0. The van der Waals surface area contributed by atoms with Crippen LogP contribution in [0, 0.1) is 41.5 Å². The first-order chi connectivity index (χ1) is 18.7. The van der Waals surface area contributed by atoms with E-state index in [0.29, 0.717) is 22.2 Å². The molecule has 0 nitrogen and oxygen atoms in total. The standard InChI is InChI=1S/C39H52Si/c1-25(2)40(26(3)4,27(5)6)38-14-13-34(24-38)39(35-18-28(7)15-29(8)19-35,36-20-30(9)16-31(10)21-36)37-22-32(11)17-33(12)23-37/h13-27,38H,1-12H3. The predicted molar refractivity (Wildman–Crippen MR) is 180 cm³/mol. The van der Waals surface area contributed by atoms with Crippen LogP contribution in [0.25, 0.3) is 0 Å². The molecule has 1 aliphatic carbocycles. The average molecular weight is 549 g/mol. The SMILES string of the molecule is Cc1cc(C)cc(C(C2=CC([Si](C(C)C)(C(C)C)C(C)C)C=C2)(c2cc(C)cc(C)c2)c2cc(C)cc(C)c2)c1. The Hall–Kier alpha value is -2.64. The highest BCUT2D eigenvalue weighted by molar-refractivity contribution is 6.85. The van der Waals surface area contributed by atoms with Gasteiger partial charge in [-0.15, -0.1) is 0 Å². The van der Waals surface area contributed by atoms with Crippen molar-refractivity contribution in [3.63, 3.8) is 0 Å². The van der Waals surface area contributed by atoms with Gasteiger partial charge in [-0.2, -0.15) is 0 Å². The lowest BCUT2D eigenvalue weighted by Crippen LogP contribution is -2.47. The number of benzene rings is 3. The van der Waals surface area contributed by atoms with Crippen molar-refractivity contribution >= 4 is 8.07 Å². The lowest BCUT2D eigenvalue weighted by molar-refractivity contribution is 0.736. The minimum Gasteiger partial charge on any atom is -0.0800 e. The largest absolute Gasteiger partial charge is 0.0800 e. The van der Waals surface area contributed by atoms with Gasteiger partial charge in [0.1, 0.15) is 0 Å². The monoisotopic (exact) mass is 548 g/mol. The molecule has 0 spiro atoms. The van der Waals surface area contributed by atoms with Crippen molar-refractivity contribution in [1.29, 1.82) is 0 Å². The Balaban J connectivity index is 2.18. The zero-order valence-electron chi connectivity index (χ0n) is 27.2. The molecule has 0 saturated heterocycles. The topological polar surface area (TPSA) is 0 Å². The third kappa shape index (κ3) is 5.11. The maximum atomic E-state index is 2.72. The first-order valence-electron chi connectivity index (χ1n) is 15.4. The molecule has 0 bridgehead atoms. The Kier molecular flexibility index (Phi) is 8.58. The van der Waals surface area contributed by atoms with Crippen molar-refractivity contribution in [3.8, 4) is 0 Å². The average Bonchev–Trinajstić information content (AvgIpc) is 3.27. The molecule has 1 unspecified atom stereocenters. The van der Waals surface area contributed by atoms with Crippen LogP contribution >= 0.6 is 0 Å². The summed E-state index contributed by atoms with van der Waals surface area (Å²) in [6.45, 7) is 28.5. The highest BCUT2D eigenvalue weighted by Crippen LogP contribution is 2.56. The first-order valence-corrected chi connectivity index (χ1v) is 17.7. The van der Waals surface area contributed by atoms with E-state index in [1.165, 1.54) is 55.6 Å². The van der Waals surface area contributed by atoms with E-state index >= 15 is 0 Å². The molecule has 1 heteroatoms. The first kappa shape index (κ1) is 30.3. The minimum atomic E-state index is -1.75. The van der Waals surface area contributed by atoms with Gasteiger partial charge >= 0.3 is 0 Å². The molecular weight excluding hydrogens is 497 g/mol. The fraction of sp³-hybridized carbons (Fsp3) is 0.436. The molecule has 0 saturated carbocycles. The maximum absolute atomic E-state index is 2.72. The van der Waals surface area contributed by atoms with E-state index in [-0.39, 0.29) is 5.41 Å². The number of hydrogen-bond donors (Lipinski definition) is 0. The van der Waals surface area contributed by atoms with Crippen LogP contribution in [0.15, 0.2) is 78.4 Å². The quantitative estimate of drug-likeness (QED) is 0.194. The summed E-state index contributed by atoms with van der Waals surface area (Å²) < 4.78 is 0. The summed E-state index contributed by atoms with van der Waals surface area (Å²) in [6.07, 6.45) is 7.84. The third-order valence-corrected chi connectivity index (χ3v) is 17.3. The van der Waals surface area contributed by atoms with Crippen LogP contribution in [0.1, 0.15) is 91.6 Å². The van der Waals surface area contributed by atoms with Gasteiger partial charge in [-0.05, 0) is 86.0 Å². The molecular formula is C39H52Si. The van der Waals surface area contributed by atoms with E-state index < -0.39 is 8.07 Å². The van der Waals surface area contributed by atoms with Crippen LogP contribution in [0.5, 0.6) is 0 Å². The van der Waals surface area contributed by atoms with E-state index in [4.69, 9.17) is 0 Å². The predicted octanol–water partition coefficient (Wildman–Crippen LogP) is 11.4. The molecule has 1 aliphatic rings. The second kappa shape index (κ2) is 11.3. The molecule has 0 amide bonds. The third-order valence-electron chi connectivity index (χ3n) is 9.82. The van der Waals surface area contributed by atoms with E-state index in [2.05, 4.69) is 156 Å². The van der Waals surface area contributed by atoms with Crippen LogP contribution in [-0.4, -0.2) is 8.07 Å². The molecule has 0 heterocycles. The van der Waals surface area contributed by atoms with E-state index in [1.807, 2.05) is 0 Å². The molecule has 40 heavy (non-hydrogen) atoms. The van der Waals surface area contributed by atoms with Crippen molar-refractivity contribution in [2.45, 2.75) is 111 Å². The van der Waals surface area contributed by atoms with Crippen LogP contribution in [0.2, 0.25) is 22.2 Å². The minimum absolute atomic E-state index is 0.388. The summed E-state index contributed by atoms with van der Waals surface area (Å²) in [5.41, 5.74) is 15.7. The van der Waals surface area contributed by atoms with Gasteiger partial charge in [0.2, 0.25) is 0 Å². The van der Waals surface area contributed by atoms with Crippen LogP contribution in [0.3, 0.4) is 0 Å². The number of rotatable bonds is 8. The molecule has 0 fully saturated rings. The molecule has 0 aromatic heterocycles. The lowest BCUT2D eigenvalue weighted by atomic mass is 9.63. The van der Waals surface area contributed by atoms with Gasteiger partial charge in [0.15, 0.2) is 0 Å². The lowest BCUT2D eigenvalue weighted by Gasteiger charge is -2.47. The summed E-state index contributed by atoms with van der Waals surface area (Å²) in [5, 5.41) is 0. The van der Waals surface area contributed by atoms with Crippen molar-refractivity contribution in [2.75, 3.05) is 0 Å². The van der Waals surface area contributed by atoms with Crippen molar-refractivity contribution < 1.29 is 0 Å². The molecule has 0 aliphatic heterocycles. The second-order valence-electron chi connectivity index (χ2n) is 13.9. The molecule has 4 rings (SSSR count). The van der Waals surface area contributed by atoms with E-state index in [9.17, 15) is 0 Å². The zero-order chi connectivity index (χ0) is 29.6. The molecule has 0 radical (unpaired) electrons. The number of hydrogen-bond acceptors (Lipinski definition) is 0.